The Bertz CT molecular complexity index is 1540. The lowest BCUT2D eigenvalue weighted by molar-refractivity contribution is -0.140. The van der Waals surface area contributed by atoms with E-state index in [1.54, 1.807) is 24.3 Å². The lowest BCUT2D eigenvalue weighted by atomic mass is 9.95. The minimum Gasteiger partial charge on any atom is -0.493 e. The van der Waals surface area contributed by atoms with Crippen molar-refractivity contribution in [2.24, 2.45) is 7.05 Å². The molecule has 11 heteroatoms. The van der Waals surface area contributed by atoms with Gasteiger partial charge in [-0.15, -0.1) is 0 Å². The van der Waals surface area contributed by atoms with E-state index in [2.05, 4.69) is 19.9 Å². The van der Waals surface area contributed by atoms with Crippen LogP contribution in [0.3, 0.4) is 0 Å². The number of aromatic nitrogens is 6. The summed E-state index contributed by atoms with van der Waals surface area (Å²) in [6.45, 7) is 1.90. The van der Waals surface area contributed by atoms with E-state index < -0.39 is 18.9 Å². The van der Waals surface area contributed by atoms with Gasteiger partial charge in [0.05, 0.1) is 35.8 Å². The highest BCUT2D eigenvalue weighted by atomic mass is 19.4. The summed E-state index contributed by atoms with van der Waals surface area (Å²) in [5.74, 6) is 0.459. The first-order chi connectivity index (χ1) is 18.9. The monoisotopic (exact) mass is 513 g/mol. The third kappa shape index (κ3) is 4.73. The van der Waals surface area contributed by atoms with Gasteiger partial charge in [0.2, 0.25) is 5.88 Å². The van der Waals surface area contributed by atoms with Crippen molar-refractivity contribution in [1.82, 2.24) is 29.5 Å². The van der Waals surface area contributed by atoms with Gasteiger partial charge in [0.1, 0.15) is 17.7 Å². The number of benzene rings is 1. The quantitative estimate of drug-likeness (QED) is 0.327. The van der Waals surface area contributed by atoms with Crippen molar-refractivity contribution in [3.63, 3.8) is 0 Å². The lowest BCUT2D eigenvalue weighted by Gasteiger charge is -2.17. The molecule has 0 aliphatic heterocycles. The van der Waals surface area contributed by atoms with Crippen molar-refractivity contribution in [3.05, 3.63) is 65.6 Å². The predicted octanol–water partition coefficient (Wildman–Crippen LogP) is 5.40. The van der Waals surface area contributed by atoms with E-state index in [4.69, 9.17) is 18.6 Å². The third-order valence-electron chi connectivity index (χ3n) is 6.37. The number of halogens is 3. The Balaban J connectivity index is 1.52. The summed E-state index contributed by atoms with van der Waals surface area (Å²) in [6.07, 6.45) is 0.965. The van der Waals surface area contributed by atoms with Crippen molar-refractivity contribution >= 4 is 0 Å². The summed E-state index contributed by atoms with van der Waals surface area (Å²) in [6, 6.07) is 6.96. The zero-order valence-corrected chi connectivity index (χ0v) is 20.2. The summed E-state index contributed by atoms with van der Waals surface area (Å²) < 4.78 is 74.1. The first-order valence-corrected chi connectivity index (χ1v) is 11.5. The van der Waals surface area contributed by atoms with Gasteiger partial charge in [-0.05, 0) is 18.4 Å². The second kappa shape index (κ2) is 9.45. The molecular weight excluding hydrogens is 485 g/mol. The number of ether oxygens (including phenoxy) is 2. The number of nitrogens with zero attached hydrogens (tertiary/aromatic N) is 6. The molecule has 4 aromatic rings. The van der Waals surface area contributed by atoms with Crippen LogP contribution < -0.4 is 9.47 Å². The van der Waals surface area contributed by atoms with Crippen LogP contribution in [0.15, 0.2) is 43.0 Å². The summed E-state index contributed by atoms with van der Waals surface area (Å²) in [7, 11) is 0.262. The lowest BCUT2D eigenvalue weighted by Crippen LogP contribution is -2.08. The Morgan fingerprint density at radius 3 is 2.46 bits per heavy atom. The first kappa shape index (κ1) is 21.1. The molecule has 1 aliphatic rings. The smallest absolute Gasteiger partial charge is 0.434 e. The Hall–Kier alpha value is -4.02. The minimum absolute atomic E-state index is 0.125. The number of hydrogen-bond acceptors (Lipinski definition) is 7. The van der Waals surface area contributed by atoms with Gasteiger partial charge in [0.25, 0.3) is 0 Å². The van der Waals surface area contributed by atoms with E-state index in [0.717, 1.165) is 24.6 Å². The average molecular weight is 514 g/mol. The first-order valence-electron chi connectivity index (χ1n) is 13.0. The molecule has 0 amide bonds. The second-order valence-corrected chi connectivity index (χ2v) is 8.86. The van der Waals surface area contributed by atoms with Gasteiger partial charge in [0, 0.05) is 30.6 Å². The molecule has 1 aliphatic carbocycles. The second-order valence-electron chi connectivity index (χ2n) is 8.86. The number of hydrogen-bond donors (Lipinski definition) is 0. The highest BCUT2D eigenvalue weighted by Gasteiger charge is 2.35. The fraction of sp³-hybridized carbons (Fsp3) is 0.346. The van der Waals surface area contributed by atoms with E-state index in [0.29, 0.717) is 28.3 Å². The van der Waals surface area contributed by atoms with Crippen molar-refractivity contribution in [3.8, 4) is 34.4 Å². The van der Waals surface area contributed by atoms with Crippen molar-refractivity contribution in [2.45, 2.75) is 37.8 Å². The highest BCUT2D eigenvalue weighted by Crippen LogP contribution is 2.45. The zero-order valence-electron chi connectivity index (χ0n) is 23.2. The maximum Gasteiger partial charge on any atom is 0.434 e. The van der Waals surface area contributed by atoms with Crippen LogP contribution in [0, 0.1) is 0 Å². The minimum atomic E-state index is -4.54. The molecule has 1 aromatic carbocycles. The van der Waals surface area contributed by atoms with Gasteiger partial charge in [-0.25, -0.2) is 24.9 Å². The summed E-state index contributed by atoms with van der Waals surface area (Å²) in [5.41, 5.74) is 1.83. The van der Waals surface area contributed by atoms with Gasteiger partial charge in [-0.2, -0.15) is 13.2 Å². The number of aryl methyl sites for hydroxylation is 1. The topological polar surface area (TPSA) is 87.8 Å². The van der Waals surface area contributed by atoms with Crippen molar-refractivity contribution < 1.29 is 26.8 Å². The molecule has 192 valence electrons. The van der Waals surface area contributed by atoms with E-state index in [9.17, 15) is 13.2 Å². The molecule has 37 heavy (non-hydrogen) atoms. The van der Waals surface area contributed by atoms with Gasteiger partial charge < -0.3 is 14.0 Å². The highest BCUT2D eigenvalue weighted by molar-refractivity contribution is 5.66. The SMILES string of the molecule is [2H]C([2H])([2H])Oc1ncnc(C2CC2)c1-c1ncc(OC)c(C(C)c2ccc(-c3nc(C(F)(F)F)cn3C)cc2)n1. The van der Waals surface area contributed by atoms with Crippen LogP contribution in [-0.2, 0) is 13.2 Å². The molecule has 1 fully saturated rings. The number of alkyl halides is 3. The fourth-order valence-corrected chi connectivity index (χ4v) is 4.26. The molecule has 3 heterocycles. The molecule has 0 saturated heterocycles. The van der Waals surface area contributed by atoms with E-state index in [-0.39, 0.29) is 29.4 Å². The van der Waals surface area contributed by atoms with Crippen molar-refractivity contribution in [2.75, 3.05) is 14.1 Å². The molecule has 0 bridgehead atoms. The maximum absolute atomic E-state index is 13.1. The Morgan fingerprint density at radius 1 is 1.08 bits per heavy atom. The van der Waals surface area contributed by atoms with Crippen molar-refractivity contribution in [1.29, 1.82) is 0 Å². The van der Waals surface area contributed by atoms with Crippen LogP contribution in [-0.4, -0.2) is 43.6 Å². The normalized spacial score (nSPS) is 16.0. The molecule has 1 saturated carbocycles. The van der Waals surface area contributed by atoms with Crippen LogP contribution in [0.25, 0.3) is 22.8 Å². The van der Waals surface area contributed by atoms with Gasteiger partial charge in [0.15, 0.2) is 17.3 Å². The Kier molecular flexibility index (Phi) is 5.39. The van der Waals surface area contributed by atoms with Crippen LogP contribution in [0.2, 0.25) is 0 Å². The fourth-order valence-electron chi connectivity index (χ4n) is 4.26. The number of imidazole rings is 1. The Morgan fingerprint density at radius 2 is 1.84 bits per heavy atom. The van der Waals surface area contributed by atoms with Crippen LogP contribution in [0.1, 0.15) is 58.4 Å². The molecule has 0 N–H and O–H groups in total. The summed E-state index contributed by atoms with van der Waals surface area (Å²) in [5, 5.41) is 0. The predicted molar refractivity (Wildman–Crippen MR) is 129 cm³/mol. The Labute approximate surface area is 215 Å². The van der Waals surface area contributed by atoms with Gasteiger partial charge in [-0.3, -0.25) is 0 Å². The summed E-state index contributed by atoms with van der Waals surface area (Å²) in [4.78, 5) is 21.4. The average Bonchev–Trinajstić information content (AvgIpc) is 3.67. The molecule has 1 unspecified atom stereocenters. The number of methoxy groups -OCH3 is 2. The number of rotatable bonds is 7. The molecular formula is C26H25F3N6O2. The maximum atomic E-state index is 13.1. The summed E-state index contributed by atoms with van der Waals surface area (Å²) >= 11 is 0. The molecule has 5 rings (SSSR count). The molecule has 0 radical (unpaired) electrons. The largest absolute Gasteiger partial charge is 0.493 e. The van der Waals surface area contributed by atoms with Crippen LogP contribution in [0.4, 0.5) is 13.2 Å². The zero-order chi connectivity index (χ0) is 28.8. The molecule has 3 aromatic heterocycles. The van der Waals surface area contributed by atoms with Crippen LogP contribution >= 0.6 is 0 Å². The molecule has 1 atom stereocenters. The van der Waals surface area contributed by atoms with E-state index in [1.807, 2.05) is 6.92 Å². The van der Waals surface area contributed by atoms with Crippen LogP contribution in [0.5, 0.6) is 11.6 Å². The third-order valence-corrected chi connectivity index (χ3v) is 6.37. The van der Waals surface area contributed by atoms with E-state index in [1.165, 1.54) is 31.2 Å². The van der Waals surface area contributed by atoms with Gasteiger partial charge >= 0.3 is 6.18 Å². The standard InChI is InChI=1S/C26H25F3N6O2/c1-14(15-5-9-17(10-6-15)24-33-19(12-35(24)2)26(27,28)29)21-18(36-3)11-30-23(34-21)20-22(16-7-8-16)31-13-32-25(20)37-4/h5-6,9-14,16H,7-8H2,1-4H3/i4D3. The van der Waals surface area contributed by atoms with E-state index >= 15 is 0 Å². The molecule has 8 nitrogen and oxygen atoms in total. The molecule has 0 spiro atoms. The van der Waals surface area contributed by atoms with Gasteiger partial charge in [-0.1, -0.05) is 31.2 Å².